The molecule has 0 radical (unpaired) electrons. The molecule has 2 aromatic carbocycles. The number of para-hydroxylation sites is 1. The minimum atomic E-state index is -1.01. The lowest BCUT2D eigenvalue weighted by atomic mass is 10.1. The molecule has 0 aromatic heterocycles. The van der Waals surface area contributed by atoms with Gasteiger partial charge in [0, 0.05) is 11.3 Å². The third-order valence-electron chi connectivity index (χ3n) is 3.86. The van der Waals surface area contributed by atoms with Crippen molar-refractivity contribution < 1.29 is 28.9 Å². The molecular formula is C22H24O6S. The highest BCUT2D eigenvalue weighted by molar-refractivity contribution is 7.99. The number of hydrogen-bond acceptors (Lipinski definition) is 6. The predicted octanol–water partition coefficient (Wildman–Crippen LogP) is 4.53. The maximum Gasteiger partial charge on any atom is 0.337 e. The molecule has 6 nitrogen and oxygen atoms in total. The van der Waals surface area contributed by atoms with Crippen LogP contribution in [0.4, 0.5) is 0 Å². The number of carbonyl (C=O) groups excluding carboxylic acids is 1. The van der Waals surface area contributed by atoms with E-state index in [1.807, 2.05) is 32.0 Å². The molecule has 0 bridgehead atoms. The third-order valence-corrected chi connectivity index (χ3v) is 4.95. The normalized spacial score (nSPS) is 11.1. The van der Waals surface area contributed by atoms with Crippen LogP contribution in [0.15, 0.2) is 52.9 Å². The van der Waals surface area contributed by atoms with Gasteiger partial charge in [-0.25, -0.2) is 9.59 Å². The molecule has 0 aliphatic heterocycles. The Morgan fingerprint density at radius 3 is 2.31 bits per heavy atom. The van der Waals surface area contributed by atoms with Gasteiger partial charge in [0.1, 0.15) is 0 Å². The lowest BCUT2D eigenvalue weighted by molar-refractivity contribution is -0.132. The molecule has 29 heavy (non-hydrogen) atoms. The van der Waals surface area contributed by atoms with Crippen LogP contribution in [0, 0.1) is 0 Å². The summed E-state index contributed by atoms with van der Waals surface area (Å²) in [5, 5.41) is 9.59. The number of thioether (sulfide) groups is 1. The Bertz CT molecular complexity index is 873. The molecule has 2 aromatic rings. The van der Waals surface area contributed by atoms with Gasteiger partial charge in [-0.05, 0) is 49.8 Å². The van der Waals surface area contributed by atoms with Crippen LogP contribution >= 0.6 is 11.8 Å². The van der Waals surface area contributed by atoms with Gasteiger partial charge in [-0.15, -0.1) is 11.8 Å². The summed E-state index contributed by atoms with van der Waals surface area (Å²) in [6.45, 7) is 4.77. The van der Waals surface area contributed by atoms with Crippen LogP contribution in [0.2, 0.25) is 0 Å². The molecule has 0 aliphatic rings. The molecule has 2 rings (SSSR count). The van der Waals surface area contributed by atoms with Crippen molar-refractivity contribution in [1.29, 1.82) is 0 Å². The number of benzene rings is 2. The van der Waals surface area contributed by atoms with E-state index >= 15 is 0 Å². The van der Waals surface area contributed by atoms with E-state index in [1.54, 1.807) is 30.3 Å². The Hall–Kier alpha value is -2.93. The summed E-state index contributed by atoms with van der Waals surface area (Å²) in [7, 11) is 1.31. The van der Waals surface area contributed by atoms with E-state index in [0.717, 1.165) is 4.90 Å². The zero-order valence-electron chi connectivity index (χ0n) is 16.6. The van der Waals surface area contributed by atoms with Crippen LogP contribution in [0.3, 0.4) is 0 Å². The van der Waals surface area contributed by atoms with Crippen LogP contribution in [0.5, 0.6) is 11.5 Å². The van der Waals surface area contributed by atoms with E-state index < -0.39 is 11.9 Å². The smallest absolute Gasteiger partial charge is 0.337 e. The standard InChI is InChI=1S/C22H24O6S/c1-4-27-18-7-6-8-19(20(18)28-5-2)29-14-17(21(23)24)13-15-9-11-16(12-10-15)22(25)26-3/h6-13H,4-5,14H2,1-3H3,(H,23,24). The number of carboxylic acids is 1. The second kappa shape index (κ2) is 11.2. The van der Waals surface area contributed by atoms with Crippen molar-refractivity contribution in [3.8, 4) is 11.5 Å². The molecule has 0 saturated carbocycles. The monoisotopic (exact) mass is 416 g/mol. The molecule has 1 N–H and O–H groups in total. The molecule has 0 unspecified atom stereocenters. The van der Waals surface area contributed by atoms with Crippen LogP contribution in [0.25, 0.3) is 6.08 Å². The maximum atomic E-state index is 11.7. The molecular weight excluding hydrogens is 392 g/mol. The first-order chi connectivity index (χ1) is 14.0. The maximum absolute atomic E-state index is 11.7. The highest BCUT2D eigenvalue weighted by Gasteiger charge is 2.15. The minimum absolute atomic E-state index is 0.227. The van der Waals surface area contributed by atoms with Crippen molar-refractivity contribution in [2.24, 2.45) is 0 Å². The second-order valence-electron chi connectivity index (χ2n) is 5.83. The number of carboxylic acid groups (broad SMARTS) is 1. The molecule has 0 amide bonds. The van der Waals surface area contributed by atoms with Crippen molar-refractivity contribution in [1.82, 2.24) is 0 Å². The van der Waals surface area contributed by atoms with Gasteiger partial charge in [-0.3, -0.25) is 0 Å². The number of esters is 1. The Morgan fingerprint density at radius 1 is 1.03 bits per heavy atom. The number of rotatable bonds is 10. The topological polar surface area (TPSA) is 82.1 Å². The Labute approximate surface area is 174 Å². The lowest BCUT2D eigenvalue weighted by Crippen LogP contribution is -2.04. The van der Waals surface area contributed by atoms with E-state index in [-0.39, 0.29) is 11.3 Å². The Morgan fingerprint density at radius 2 is 1.72 bits per heavy atom. The quantitative estimate of drug-likeness (QED) is 0.346. The van der Waals surface area contributed by atoms with Crippen molar-refractivity contribution in [2.45, 2.75) is 18.7 Å². The number of methoxy groups -OCH3 is 1. The van der Waals surface area contributed by atoms with Crippen LogP contribution in [0.1, 0.15) is 29.8 Å². The summed E-state index contributed by atoms with van der Waals surface area (Å²) in [4.78, 5) is 24.0. The molecule has 0 saturated heterocycles. The SMILES string of the molecule is CCOc1cccc(SCC(=Cc2ccc(C(=O)OC)cc2)C(=O)O)c1OCC. The van der Waals surface area contributed by atoms with Gasteiger partial charge in [0.05, 0.1) is 30.8 Å². The fourth-order valence-corrected chi connectivity index (χ4v) is 3.50. The highest BCUT2D eigenvalue weighted by atomic mass is 32.2. The number of hydrogen-bond donors (Lipinski definition) is 1. The number of carbonyl (C=O) groups is 2. The third kappa shape index (κ3) is 6.29. The molecule has 0 atom stereocenters. The first-order valence-corrected chi connectivity index (χ1v) is 10.1. The van der Waals surface area contributed by atoms with Gasteiger partial charge >= 0.3 is 11.9 Å². The van der Waals surface area contributed by atoms with Gasteiger partial charge in [0.2, 0.25) is 0 Å². The Balaban J connectivity index is 2.22. The summed E-state index contributed by atoms with van der Waals surface area (Å²) in [6, 6.07) is 12.1. The van der Waals surface area contributed by atoms with Crippen LogP contribution in [-0.4, -0.2) is 43.1 Å². The van der Waals surface area contributed by atoms with Crippen molar-refractivity contribution in [2.75, 3.05) is 26.1 Å². The fraction of sp³-hybridized carbons (Fsp3) is 0.273. The molecule has 0 heterocycles. The predicted molar refractivity (Wildman–Crippen MR) is 113 cm³/mol. The lowest BCUT2D eigenvalue weighted by Gasteiger charge is -2.14. The number of ether oxygens (including phenoxy) is 3. The average Bonchev–Trinajstić information content (AvgIpc) is 2.72. The van der Waals surface area contributed by atoms with Crippen molar-refractivity contribution >= 4 is 29.8 Å². The first-order valence-electron chi connectivity index (χ1n) is 9.13. The highest BCUT2D eigenvalue weighted by Crippen LogP contribution is 2.38. The van der Waals surface area contributed by atoms with Crippen molar-refractivity contribution in [3.63, 3.8) is 0 Å². The number of aliphatic carboxylic acids is 1. The van der Waals surface area contributed by atoms with Gasteiger partial charge in [0.25, 0.3) is 0 Å². The first kappa shape index (κ1) is 22.4. The van der Waals surface area contributed by atoms with Crippen LogP contribution in [-0.2, 0) is 9.53 Å². The van der Waals surface area contributed by atoms with Crippen molar-refractivity contribution in [3.05, 3.63) is 59.2 Å². The second-order valence-corrected chi connectivity index (χ2v) is 6.84. The largest absolute Gasteiger partial charge is 0.490 e. The van der Waals surface area contributed by atoms with E-state index in [0.29, 0.717) is 35.8 Å². The minimum Gasteiger partial charge on any atom is -0.490 e. The summed E-state index contributed by atoms with van der Waals surface area (Å²) in [5.74, 6) is 0.0530. The van der Waals surface area contributed by atoms with E-state index in [2.05, 4.69) is 4.74 Å². The molecule has 0 aliphatic carbocycles. The summed E-state index contributed by atoms with van der Waals surface area (Å²) in [5.41, 5.74) is 1.32. The van der Waals surface area contributed by atoms with E-state index in [1.165, 1.54) is 18.9 Å². The molecule has 154 valence electrons. The van der Waals surface area contributed by atoms with Gasteiger partial charge in [0.15, 0.2) is 11.5 Å². The summed E-state index contributed by atoms with van der Waals surface area (Å²) in [6.07, 6.45) is 1.59. The molecule has 0 spiro atoms. The van der Waals surface area contributed by atoms with Gasteiger partial charge in [-0.1, -0.05) is 18.2 Å². The zero-order chi connectivity index (χ0) is 21.2. The summed E-state index contributed by atoms with van der Waals surface area (Å²) < 4.78 is 16.0. The van der Waals surface area contributed by atoms with Crippen LogP contribution < -0.4 is 9.47 Å². The average molecular weight is 416 g/mol. The van der Waals surface area contributed by atoms with E-state index in [9.17, 15) is 14.7 Å². The van der Waals surface area contributed by atoms with E-state index in [4.69, 9.17) is 9.47 Å². The molecule has 0 fully saturated rings. The summed E-state index contributed by atoms with van der Waals surface area (Å²) >= 11 is 1.37. The van der Waals surface area contributed by atoms with Gasteiger partial charge < -0.3 is 19.3 Å². The Kier molecular flexibility index (Phi) is 8.61. The zero-order valence-corrected chi connectivity index (χ0v) is 17.5. The molecule has 7 heteroatoms. The fourth-order valence-electron chi connectivity index (χ4n) is 2.52. The van der Waals surface area contributed by atoms with Gasteiger partial charge in [-0.2, -0.15) is 0 Å².